The number of ether oxygens (including phenoxy) is 1. The summed E-state index contributed by atoms with van der Waals surface area (Å²) in [6, 6.07) is 5.59. The van der Waals surface area contributed by atoms with E-state index in [2.05, 4.69) is 5.32 Å². The van der Waals surface area contributed by atoms with E-state index in [-0.39, 0.29) is 22.4 Å². The Morgan fingerprint density at radius 3 is 2.24 bits per heavy atom. The predicted molar refractivity (Wildman–Crippen MR) is 92.6 cm³/mol. The van der Waals surface area contributed by atoms with Crippen molar-refractivity contribution in [3.8, 4) is 0 Å². The fraction of sp³-hybridized carbons (Fsp3) is 0.529. The zero-order valence-electron chi connectivity index (χ0n) is 14.7. The first kappa shape index (κ1) is 19.4. The van der Waals surface area contributed by atoms with Gasteiger partial charge in [0.1, 0.15) is 0 Å². The first-order valence-corrected chi connectivity index (χ1v) is 9.70. The average molecular weight is 368 g/mol. The average Bonchev–Trinajstić information content (AvgIpc) is 3.07. The molecule has 0 heterocycles. The maximum absolute atomic E-state index is 12.1. The Balaban J connectivity index is 1.97. The van der Waals surface area contributed by atoms with Crippen LogP contribution in [0, 0.1) is 0 Å². The molecule has 1 aliphatic carbocycles. The molecular weight excluding hydrogens is 344 g/mol. The van der Waals surface area contributed by atoms with Crippen LogP contribution in [-0.2, 0) is 19.6 Å². The number of hydrogen-bond donors (Lipinski definition) is 1. The highest BCUT2D eigenvalue weighted by Crippen LogP contribution is 2.18. The van der Waals surface area contributed by atoms with Crippen LogP contribution in [-0.4, -0.2) is 50.8 Å². The van der Waals surface area contributed by atoms with Gasteiger partial charge in [-0.15, -0.1) is 0 Å². The molecule has 0 aromatic heterocycles. The molecular formula is C17H24N2O5S. The zero-order valence-corrected chi connectivity index (χ0v) is 15.5. The third kappa shape index (κ3) is 4.79. The maximum Gasteiger partial charge on any atom is 0.338 e. The number of sulfonamides is 1. The largest absolute Gasteiger partial charge is 0.449 e. The monoisotopic (exact) mass is 368 g/mol. The van der Waals surface area contributed by atoms with E-state index in [0.717, 1.165) is 30.0 Å². The third-order valence-corrected chi connectivity index (χ3v) is 6.05. The molecule has 1 saturated carbocycles. The second kappa shape index (κ2) is 7.97. The molecule has 0 saturated heterocycles. The number of benzene rings is 1. The smallest absolute Gasteiger partial charge is 0.338 e. The van der Waals surface area contributed by atoms with Gasteiger partial charge >= 0.3 is 5.97 Å². The molecule has 138 valence electrons. The van der Waals surface area contributed by atoms with Crippen molar-refractivity contribution in [3.05, 3.63) is 29.8 Å². The normalized spacial score (nSPS) is 16.6. The van der Waals surface area contributed by atoms with Crippen LogP contribution in [0.25, 0.3) is 0 Å². The molecule has 0 bridgehead atoms. The van der Waals surface area contributed by atoms with Gasteiger partial charge in [-0.1, -0.05) is 12.8 Å². The summed E-state index contributed by atoms with van der Waals surface area (Å²) >= 11 is 0. The number of nitrogens with zero attached hydrogens (tertiary/aromatic N) is 1. The summed E-state index contributed by atoms with van der Waals surface area (Å²) in [6.07, 6.45) is 3.20. The summed E-state index contributed by atoms with van der Waals surface area (Å²) in [5.41, 5.74) is 0.193. The molecule has 1 aromatic rings. The Bertz CT molecular complexity index is 722. The molecule has 1 aliphatic rings. The van der Waals surface area contributed by atoms with E-state index in [9.17, 15) is 18.0 Å². The van der Waals surface area contributed by atoms with Crippen LogP contribution in [0.3, 0.4) is 0 Å². The Hall–Kier alpha value is -1.93. The van der Waals surface area contributed by atoms with Crippen LogP contribution in [0.5, 0.6) is 0 Å². The molecule has 1 aromatic carbocycles. The lowest BCUT2D eigenvalue weighted by Gasteiger charge is -2.17. The number of esters is 1. The van der Waals surface area contributed by atoms with Crippen molar-refractivity contribution in [3.63, 3.8) is 0 Å². The summed E-state index contributed by atoms with van der Waals surface area (Å²) in [5.74, 6) is -0.977. The minimum atomic E-state index is -3.55. The van der Waals surface area contributed by atoms with E-state index < -0.39 is 22.1 Å². The van der Waals surface area contributed by atoms with E-state index in [1.54, 1.807) is 0 Å². The summed E-state index contributed by atoms with van der Waals surface area (Å²) in [4.78, 5) is 24.3. The third-order valence-electron chi connectivity index (χ3n) is 4.22. The maximum atomic E-state index is 12.1. The van der Waals surface area contributed by atoms with Crippen LogP contribution >= 0.6 is 0 Å². The number of nitrogens with one attached hydrogen (secondary N) is 1. The van der Waals surface area contributed by atoms with Gasteiger partial charge in [0, 0.05) is 20.1 Å². The molecule has 0 spiro atoms. The van der Waals surface area contributed by atoms with Crippen LogP contribution in [0.15, 0.2) is 29.2 Å². The fourth-order valence-corrected chi connectivity index (χ4v) is 3.55. The van der Waals surface area contributed by atoms with Crippen LogP contribution < -0.4 is 5.32 Å². The molecule has 8 heteroatoms. The van der Waals surface area contributed by atoms with Crippen LogP contribution in [0.4, 0.5) is 0 Å². The molecule has 1 fully saturated rings. The highest BCUT2D eigenvalue weighted by molar-refractivity contribution is 7.89. The van der Waals surface area contributed by atoms with Crippen molar-refractivity contribution in [2.75, 3.05) is 14.1 Å². The van der Waals surface area contributed by atoms with Gasteiger partial charge in [-0.2, -0.15) is 0 Å². The van der Waals surface area contributed by atoms with Crippen molar-refractivity contribution in [1.29, 1.82) is 0 Å². The lowest BCUT2D eigenvalue weighted by molar-refractivity contribution is -0.129. The lowest BCUT2D eigenvalue weighted by atomic mass is 10.2. The second-order valence-corrected chi connectivity index (χ2v) is 8.50. The first-order valence-electron chi connectivity index (χ1n) is 8.26. The van der Waals surface area contributed by atoms with Gasteiger partial charge in [0.2, 0.25) is 10.0 Å². The minimum Gasteiger partial charge on any atom is -0.449 e. The number of carbonyl (C=O) groups excluding carboxylic acids is 2. The van der Waals surface area contributed by atoms with E-state index >= 15 is 0 Å². The first-order chi connectivity index (χ1) is 11.7. The molecule has 0 radical (unpaired) electrons. The standard InChI is InChI=1S/C17H24N2O5S/c1-12(16(20)18-14-6-4-5-7-14)24-17(21)13-8-10-15(11-9-13)25(22,23)19(2)3/h8-12,14H,4-7H2,1-3H3,(H,18,20)/t12-/m1/s1. The van der Waals surface area contributed by atoms with Gasteiger partial charge in [0.15, 0.2) is 6.10 Å². The fourth-order valence-electron chi connectivity index (χ4n) is 2.64. The van der Waals surface area contributed by atoms with Crippen molar-refractivity contribution >= 4 is 21.9 Å². The highest BCUT2D eigenvalue weighted by Gasteiger charge is 2.24. The van der Waals surface area contributed by atoms with Crippen molar-refractivity contribution < 1.29 is 22.7 Å². The number of carbonyl (C=O) groups is 2. The Labute approximate surface area is 148 Å². The molecule has 0 aliphatic heterocycles. The van der Waals surface area contributed by atoms with Crippen LogP contribution in [0.1, 0.15) is 43.0 Å². The quantitative estimate of drug-likeness (QED) is 0.769. The molecule has 0 unspecified atom stereocenters. The van der Waals surface area contributed by atoms with E-state index in [1.165, 1.54) is 45.3 Å². The predicted octanol–water partition coefficient (Wildman–Crippen LogP) is 1.54. The van der Waals surface area contributed by atoms with Gasteiger partial charge < -0.3 is 10.1 Å². The van der Waals surface area contributed by atoms with E-state index in [0.29, 0.717) is 0 Å². The van der Waals surface area contributed by atoms with E-state index in [1.807, 2.05) is 0 Å². The van der Waals surface area contributed by atoms with Gasteiger partial charge in [-0.25, -0.2) is 17.5 Å². The Kier molecular flexibility index (Phi) is 6.18. The van der Waals surface area contributed by atoms with Crippen molar-refractivity contribution in [2.45, 2.75) is 49.6 Å². The molecule has 2 rings (SSSR count). The minimum absolute atomic E-state index is 0.0843. The second-order valence-electron chi connectivity index (χ2n) is 6.35. The van der Waals surface area contributed by atoms with Gasteiger partial charge in [-0.05, 0) is 44.0 Å². The number of rotatable bonds is 6. The van der Waals surface area contributed by atoms with E-state index in [4.69, 9.17) is 4.74 Å². The van der Waals surface area contributed by atoms with Gasteiger partial charge in [0.25, 0.3) is 5.91 Å². The lowest BCUT2D eigenvalue weighted by Crippen LogP contribution is -2.40. The summed E-state index contributed by atoms with van der Waals surface area (Å²) in [7, 11) is -0.687. The van der Waals surface area contributed by atoms with Crippen molar-refractivity contribution in [2.24, 2.45) is 0 Å². The van der Waals surface area contributed by atoms with Gasteiger partial charge in [-0.3, -0.25) is 4.79 Å². The summed E-state index contributed by atoms with van der Waals surface area (Å²) in [6.45, 7) is 1.52. The van der Waals surface area contributed by atoms with Crippen LogP contribution in [0.2, 0.25) is 0 Å². The number of amides is 1. The van der Waals surface area contributed by atoms with Gasteiger partial charge in [0.05, 0.1) is 10.5 Å². The molecule has 7 nitrogen and oxygen atoms in total. The highest BCUT2D eigenvalue weighted by atomic mass is 32.2. The summed E-state index contributed by atoms with van der Waals surface area (Å²) < 4.78 is 30.3. The molecule has 1 atom stereocenters. The number of hydrogen-bond acceptors (Lipinski definition) is 5. The topological polar surface area (TPSA) is 92.8 Å². The molecule has 1 amide bonds. The van der Waals surface area contributed by atoms with Crippen molar-refractivity contribution in [1.82, 2.24) is 9.62 Å². The Morgan fingerprint density at radius 2 is 1.72 bits per heavy atom. The molecule has 1 N–H and O–H groups in total. The Morgan fingerprint density at radius 1 is 1.16 bits per heavy atom. The SMILES string of the molecule is C[C@@H](OC(=O)c1ccc(S(=O)(=O)N(C)C)cc1)C(=O)NC1CCCC1. The summed E-state index contributed by atoms with van der Waals surface area (Å²) in [5, 5.41) is 2.88. The molecule has 25 heavy (non-hydrogen) atoms. The zero-order chi connectivity index (χ0) is 18.6.